The lowest BCUT2D eigenvalue weighted by atomic mass is 10.3. The Balaban J connectivity index is 1.70. The molecule has 2 aromatic rings. The monoisotopic (exact) mass is 331 g/mol. The van der Waals surface area contributed by atoms with E-state index in [4.69, 9.17) is 18.9 Å². The van der Waals surface area contributed by atoms with Crippen LogP contribution < -0.4 is 24.3 Å². The van der Waals surface area contributed by atoms with E-state index in [1.165, 1.54) is 0 Å². The summed E-state index contributed by atoms with van der Waals surface area (Å²) in [4.78, 5) is 11.8. The quantitative estimate of drug-likeness (QED) is 0.714. The van der Waals surface area contributed by atoms with Crippen molar-refractivity contribution in [3.63, 3.8) is 0 Å². The van der Waals surface area contributed by atoms with Crippen LogP contribution in [0, 0.1) is 0 Å². The first-order valence-corrected chi connectivity index (χ1v) is 7.53. The maximum atomic E-state index is 11.8. The van der Waals surface area contributed by atoms with Gasteiger partial charge in [-0.05, 0) is 24.3 Å². The van der Waals surface area contributed by atoms with Gasteiger partial charge in [0.1, 0.15) is 6.61 Å². The summed E-state index contributed by atoms with van der Waals surface area (Å²) < 4.78 is 21.4. The van der Waals surface area contributed by atoms with Gasteiger partial charge in [0.05, 0.1) is 20.8 Å². The van der Waals surface area contributed by atoms with Gasteiger partial charge >= 0.3 is 0 Å². The molecule has 2 rings (SSSR count). The summed E-state index contributed by atoms with van der Waals surface area (Å²) >= 11 is 0. The molecule has 0 saturated carbocycles. The summed E-state index contributed by atoms with van der Waals surface area (Å²) in [6, 6.07) is 14.5. The highest BCUT2D eigenvalue weighted by Crippen LogP contribution is 2.26. The zero-order valence-electron chi connectivity index (χ0n) is 13.8. The van der Waals surface area contributed by atoms with E-state index >= 15 is 0 Å². The maximum absolute atomic E-state index is 11.8. The molecule has 0 aromatic heterocycles. The Morgan fingerprint density at radius 3 is 1.88 bits per heavy atom. The number of hydrogen-bond donors (Lipinski definition) is 1. The summed E-state index contributed by atoms with van der Waals surface area (Å²) in [5.74, 6) is 2.18. The van der Waals surface area contributed by atoms with Crippen molar-refractivity contribution in [2.24, 2.45) is 0 Å². The zero-order chi connectivity index (χ0) is 17.2. The first kappa shape index (κ1) is 17.5. The van der Waals surface area contributed by atoms with Gasteiger partial charge in [0.15, 0.2) is 29.6 Å². The fourth-order valence-electron chi connectivity index (χ4n) is 2.02. The molecule has 0 spiro atoms. The minimum atomic E-state index is -0.232. The smallest absolute Gasteiger partial charge is 0.258 e. The molecule has 0 saturated heterocycles. The van der Waals surface area contributed by atoms with E-state index in [0.717, 1.165) is 0 Å². The lowest BCUT2D eigenvalue weighted by molar-refractivity contribution is -0.123. The first-order chi connectivity index (χ1) is 11.7. The highest BCUT2D eigenvalue weighted by molar-refractivity contribution is 5.77. The molecular formula is C18H21NO5. The van der Waals surface area contributed by atoms with Crippen LogP contribution >= 0.6 is 0 Å². The average molecular weight is 331 g/mol. The van der Waals surface area contributed by atoms with Crippen LogP contribution in [0.3, 0.4) is 0 Å². The van der Waals surface area contributed by atoms with Crippen molar-refractivity contribution in [1.29, 1.82) is 0 Å². The average Bonchev–Trinajstić information content (AvgIpc) is 2.64. The second kappa shape index (κ2) is 9.29. The normalized spacial score (nSPS) is 9.92. The topological polar surface area (TPSA) is 66.0 Å². The molecule has 0 aliphatic rings. The van der Waals surface area contributed by atoms with Crippen molar-refractivity contribution < 1.29 is 23.7 Å². The molecule has 24 heavy (non-hydrogen) atoms. The predicted molar refractivity (Wildman–Crippen MR) is 90.0 cm³/mol. The van der Waals surface area contributed by atoms with Gasteiger partial charge in [-0.15, -0.1) is 0 Å². The number of methoxy groups -OCH3 is 2. The van der Waals surface area contributed by atoms with Crippen molar-refractivity contribution in [1.82, 2.24) is 5.32 Å². The van der Waals surface area contributed by atoms with Crippen molar-refractivity contribution in [3.8, 4) is 23.0 Å². The number of nitrogens with one attached hydrogen (secondary N) is 1. The number of rotatable bonds is 9. The third-order valence-corrected chi connectivity index (χ3v) is 3.18. The summed E-state index contributed by atoms with van der Waals surface area (Å²) in [6.07, 6.45) is 0. The molecule has 0 heterocycles. The fourth-order valence-corrected chi connectivity index (χ4v) is 2.02. The van der Waals surface area contributed by atoms with Crippen LogP contribution in [0.25, 0.3) is 0 Å². The zero-order valence-corrected chi connectivity index (χ0v) is 13.8. The van der Waals surface area contributed by atoms with E-state index in [1.807, 2.05) is 36.4 Å². The van der Waals surface area contributed by atoms with Crippen LogP contribution in [-0.2, 0) is 4.79 Å². The van der Waals surface area contributed by atoms with Gasteiger partial charge in [-0.2, -0.15) is 0 Å². The number of benzene rings is 2. The summed E-state index contributed by atoms with van der Waals surface area (Å²) in [6.45, 7) is 0.613. The van der Waals surface area contributed by atoms with E-state index in [-0.39, 0.29) is 12.5 Å². The minimum Gasteiger partial charge on any atom is -0.493 e. The molecular weight excluding hydrogens is 310 g/mol. The van der Waals surface area contributed by atoms with Gasteiger partial charge in [0, 0.05) is 0 Å². The second-order valence-electron chi connectivity index (χ2n) is 4.79. The van der Waals surface area contributed by atoms with Gasteiger partial charge in [0.2, 0.25) is 0 Å². The van der Waals surface area contributed by atoms with E-state index in [1.54, 1.807) is 26.4 Å². The molecule has 0 radical (unpaired) electrons. The van der Waals surface area contributed by atoms with Gasteiger partial charge in [-0.1, -0.05) is 24.3 Å². The van der Waals surface area contributed by atoms with Gasteiger partial charge in [-0.25, -0.2) is 0 Å². The Morgan fingerprint density at radius 1 is 0.833 bits per heavy atom. The lowest BCUT2D eigenvalue weighted by Gasteiger charge is -2.12. The largest absolute Gasteiger partial charge is 0.493 e. The molecule has 0 atom stereocenters. The fraction of sp³-hybridized carbons (Fsp3) is 0.278. The number of amides is 1. The van der Waals surface area contributed by atoms with E-state index < -0.39 is 0 Å². The molecule has 0 fully saturated rings. The molecule has 0 bridgehead atoms. The number of ether oxygens (including phenoxy) is 4. The first-order valence-electron chi connectivity index (χ1n) is 7.53. The SMILES string of the molecule is COc1ccccc1OCCNC(=O)COc1ccccc1OC. The molecule has 128 valence electrons. The number of carbonyl (C=O) groups excluding carboxylic acids is 1. The van der Waals surface area contributed by atoms with Crippen LogP contribution in [0.2, 0.25) is 0 Å². The van der Waals surface area contributed by atoms with E-state index in [2.05, 4.69) is 5.32 Å². The molecule has 6 nitrogen and oxygen atoms in total. The number of carbonyl (C=O) groups is 1. The molecule has 1 N–H and O–H groups in total. The van der Waals surface area contributed by atoms with E-state index in [9.17, 15) is 4.79 Å². The van der Waals surface area contributed by atoms with Crippen molar-refractivity contribution in [2.75, 3.05) is 34.0 Å². The van der Waals surface area contributed by atoms with Crippen molar-refractivity contribution in [2.45, 2.75) is 0 Å². The Morgan fingerprint density at radius 2 is 1.33 bits per heavy atom. The van der Waals surface area contributed by atoms with Crippen molar-refractivity contribution in [3.05, 3.63) is 48.5 Å². The highest BCUT2D eigenvalue weighted by atomic mass is 16.5. The summed E-state index contributed by atoms with van der Waals surface area (Å²) in [7, 11) is 3.14. The van der Waals surface area contributed by atoms with E-state index in [0.29, 0.717) is 36.1 Å². The van der Waals surface area contributed by atoms with Gasteiger partial charge in [0.25, 0.3) is 5.91 Å². The predicted octanol–water partition coefficient (Wildman–Crippen LogP) is 2.28. The van der Waals surface area contributed by atoms with Crippen LogP contribution in [0.4, 0.5) is 0 Å². The van der Waals surface area contributed by atoms with Crippen LogP contribution in [0.15, 0.2) is 48.5 Å². The minimum absolute atomic E-state index is 0.0883. The lowest BCUT2D eigenvalue weighted by Crippen LogP contribution is -2.32. The molecule has 0 aliphatic carbocycles. The highest BCUT2D eigenvalue weighted by Gasteiger charge is 2.07. The Bertz CT molecular complexity index is 659. The third-order valence-electron chi connectivity index (χ3n) is 3.18. The third kappa shape index (κ3) is 5.08. The molecule has 2 aromatic carbocycles. The van der Waals surface area contributed by atoms with Crippen LogP contribution in [0.5, 0.6) is 23.0 Å². The standard InChI is InChI=1S/C18H21NO5/c1-21-14-7-3-5-9-16(14)23-12-11-19-18(20)13-24-17-10-6-4-8-15(17)22-2/h3-10H,11-13H2,1-2H3,(H,19,20). The number of hydrogen-bond acceptors (Lipinski definition) is 5. The van der Waals surface area contributed by atoms with Crippen molar-refractivity contribution >= 4 is 5.91 Å². The Kier molecular flexibility index (Phi) is 6.76. The Hall–Kier alpha value is -2.89. The molecule has 0 aliphatic heterocycles. The van der Waals surface area contributed by atoms with Gasteiger partial charge in [-0.3, -0.25) is 4.79 Å². The molecule has 0 unspecified atom stereocenters. The number of para-hydroxylation sites is 4. The summed E-state index contributed by atoms with van der Waals surface area (Å²) in [5, 5.41) is 2.73. The second-order valence-corrected chi connectivity index (χ2v) is 4.79. The van der Waals surface area contributed by atoms with Gasteiger partial charge < -0.3 is 24.3 Å². The maximum Gasteiger partial charge on any atom is 0.258 e. The summed E-state index contributed by atoms with van der Waals surface area (Å²) in [5.41, 5.74) is 0. The Labute approximate surface area is 141 Å². The molecule has 6 heteroatoms. The molecule has 1 amide bonds. The van der Waals surface area contributed by atoms with Crippen LogP contribution in [-0.4, -0.2) is 39.9 Å². The van der Waals surface area contributed by atoms with Crippen LogP contribution in [0.1, 0.15) is 0 Å².